The number of unbranched alkanes of at least 4 members (excludes halogenated alkanes) is 1. The van der Waals surface area contributed by atoms with Crippen molar-refractivity contribution in [1.29, 1.82) is 0 Å². The Labute approximate surface area is 104 Å². The minimum Gasteiger partial charge on any atom is -0.312 e. The summed E-state index contributed by atoms with van der Waals surface area (Å²) >= 11 is 5.36. The van der Waals surface area contributed by atoms with Crippen molar-refractivity contribution in [2.45, 2.75) is 32.2 Å². The molecule has 0 aliphatic rings. The van der Waals surface area contributed by atoms with Gasteiger partial charge >= 0.3 is 0 Å². The van der Waals surface area contributed by atoms with Crippen LogP contribution >= 0.6 is 27.3 Å². The summed E-state index contributed by atoms with van der Waals surface area (Å²) in [6.45, 7) is 2.12. The zero-order chi connectivity index (χ0) is 11.3. The quantitative estimate of drug-likeness (QED) is 0.640. The fraction of sp³-hybridized carbons (Fsp3) is 0.500. The number of halogens is 1. The molecule has 1 aromatic rings. The molecule has 0 radical (unpaired) electrons. The SMILES string of the molecule is C#CCCCC(NC)c1cc(C)c(Br)s1. The molecule has 1 nitrogen and oxygen atoms in total. The molecule has 1 atom stereocenters. The van der Waals surface area contributed by atoms with Crippen molar-refractivity contribution in [2.75, 3.05) is 7.05 Å². The standard InChI is InChI=1S/C12H16BrNS/c1-4-5-6-7-10(14-3)11-8-9(2)12(13)15-11/h1,8,10,14H,5-7H2,2-3H3. The topological polar surface area (TPSA) is 12.0 Å². The van der Waals surface area contributed by atoms with Crippen LogP contribution in [0.3, 0.4) is 0 Å². The van der Waals surface area contributed by atoms with Gasteiger partial charge in [-0.1, -0.05) is 0 Å². The van der Waals surface area contributed by atoms with Crippen molar-refractivity contribution >= 4 is 27.3 Å². The van der Waals surface area contributed by atoms with Gasteiger partial charge in [0.15, 0.2) is 0 Å². The van der Waals surface area contributed by atoms with E-state index in [1.54, 1.807) is 0 Å². The molecule has 1 rings (SSSR count). The Kier molecular flexibility index (Phi) is 5.38. The zero-order valence-electron chi connectivity index (χ0n) is 9.14. The molecule has 3 heteroatoms. The molecule has 1 heterocycles. The fourth-order valence-corrected chi connectivity index (χ4v) is 3.21. The second-order valence-corrected chi connectivity index (χ2v) is 5.94. The summed E-state index contributed by atoms with van der Waals surface area (Å²) in [6, 6.07) is 2.68. The maximum absolute atomic E-state index is 5.25. The molecule has 0 saturated heterocycles. The normalized spacial score (nSPS) is 12.4. The van der Waals surface area contributed by atoms with Gasteiger partial charge in [-0.15, -0.1) is 23.7 Å². The van der Waals surface area contributed by atoms with Gasteiger partial charge < -0.3 is 5.32 Å². The highest BCUT2D eigenvalue weighted by atomic mass is 79.9. The first kappa shape index (κ1) is 12.8. The maximum Gasteiger partial charge on any atom is 0.0731 e. The zero-order valence-corrected chi connectivity index (χ0v) is 11.5. The van der Waals surface area contributed by atoms with Gasteiger partial charge in [-0.05, 0) is 54.4 Å². The first-order chi connectivity index (χ1) is 7.19. The van der Waals surface area contributed by atoms with E-state index < -0.39 is 0 Å². The fourth-order valence-electron chi connectivity index (χ4n) is 1.49. The Bertz CT molecular complexity index is 331. The maximum atomic E-state index is 5.25. The molecule has 0 aromatic carbocycles. The summed E-state index contributed by atoms with van der Waals surface area (Å²) in [5, 5.41) is 3.34. The van der Waals surface area contributed by atoms with Crippen LogP contribution in [0.15, 0.2) is 9.85 Å². The van der Waals surface area contributed by atoms with Gasteiger partial charge in [0, 0.05) is 17.3 Å². The molecular formula is C12H16BrNS. The van der Waals surface area contributed by atoms with Crippen LogP contribution in [-0.2, 0) is 0 Å². The monoisotopic (exact) mass is 285 g/mol. The molecule has 0 amide bonds. The van der Waals surface area contributed by atoms with Gasteiger partial charge in [0.1, 0.15) is 0 Å². The Morgan fingerprint density at radius 3 is 2.87 bits per heavy atom. The lowest BCUT2D eigenvalue weighted by Gasteiger charge is -2.13. The van der Waals surface area contributed by atoms with E-state index in [1.807, 2.05) is 18.4 Å². The van der Waals surface area contributed by atoms with Crippen molar-refractivity contribution in [3.8, 4) is 12.3 Å². The average molecular weight is 286 g/mol. The number of rotatable bonds is 5. The molecule has 0 saturated carbocycles. The van der Waals surface area contributed by atoms with Gasteiger partial charge in [0.05, 0.1) is 3.79 Å². The largest absolute Gasteiger partial charge is 0.312 e. The minimum atomic E-state index is 0.438. The summed E-state index contributed by atoms with van der Waals surface area (Å²) in [4.78, 5) is 1.39. The van der Waals surface area contributed by atoms with Crippen LogP contribution in [0.4, 0.5) is 0 Å². The molecular weight excluding hydrogens is 270 g/mol. The molecule has 82 valence electrons. The molecule has 0 aliphatic carbocycles. The van der Waals surface area contributed by atoms with E-state index >= 15 is 0 Å². The van der Waals surface area contributed by atoms with Gasteiger partial charge in [-0.3, -0.25) is 0 Å². The highest BCUT2D eigenvalue weighted by Gasteiger charge is 2.12. The van der Waals surface area contributed by atoms with Crippen LogP contribution in [0.5, 0.6) is 0 Å². The van der Waals surface area contributed by atoms with E-state index in [-0.39, 0.29) is 0 Å². The lowest BCUT2D eigenvalue weighted by Crippen LogP contribution is -2.14. The van der Waals surface area contributed by atoms with E-state index in [0.29, 0.717) is 6.04 Å². The Morgan fingerprint density at radius 2 is 2.40 bits per heavy atom. The third-order valence-electron chi connectivity index (χ3n) is 2.38. The van der Waals surface area contributed by atoms with Crippen LogP contribution in [0.1, 0.15) is 35.7 Å². The van der Waals surface area contributed by atoms with Crippen molar-refractivity contribution in [1.82, 2.24) is 5.32 Å². The summed E-state index contributed by atoms with van der Waals surface area (Å²) in [6.07, 6.45) is 8.30. The van der Waals surface area contributed by atoms with E-state index in [0.717, 1.165) is 19.3 Å². The van der Waals surface area contributed by atoms with Crippen LogP contribution in [0, 0.1) is 19.3 Å². The summed E-state index contributed by atoms with van der Waals surface area (Å²) in [5.41, 5.74) is 1.31. The number of nitrogens with one attached hydrogen (secondary N) is 1. The van der Waals surface area contributed by atoms with Crippen molar-refractivity contribution in [2.24, 2.45) is 0 Å². The van der Waals surface area contributed by atoms with Gasteiger partial charge in [0.25, 0.3) is 0 Å². The van der Waals surface area contributed by atoms with Crippen molar-refractivity contribution in [3.63, 3.8) is 0 Å². The minimum absolute atomic E-state index is 0.438. The summed E-state index contributed by atoms with van der Waals surface area (Å²) < 4.78 is 1.23. The predicted octanol–water partition coefficient (Wildman–Crippen LogP) is 3.88. The second-order valence-electron chi connectivity index (χ2n) is 3.54. The third-order valence-corrected chi connectivity index (χ3v) is 4.63. The van der Waals surface area contributed by atoms with Crippen LogP contribution < -0.4 is 5.32 Å². The smallest absolute Gasteiger partial charge is 0.0731 e. The highest BCUT2D eigenvalue weighted by Crippen LogP contribution is 2.33. The van der Waals surface area contributed by atoms with Gasteiger partial charge in [0.2, 0.25) is 0 Å². The molecule has 15 heavy (non-hydrogen) atoms. The van der Waals surface area contributed by atoms with Crippen molar-refractivity contribution < 1.29 is 0 Å². The molecule has 0 fully saturated rings. The summed E-state index contributed by atoms with van der Waals surface area (Å²) in [5.74, 6) is 2.68. The number of thiophene rings is 1. The third kappa shape index (κ3) is 3.64. The summed E-state index contributed by atoms with van der Waals surface area (Å²) in [7, 11) is 2.00. The number of terminal acetylenes is 1. The molecule has 1 N–H and O–H groups in total. The van der Waals surface area contributed by atoms with E-state index in [4.69, 9.17) is 6.42 Å². The second kappa shape index (κ2) is 6.32. The van der Waals surface area contributed by atoms with Gasteiger partial charge in [-0.25, -0.2) is 0 Å². The van der Waals surface area contributed by atoms with E-state index in [9.17, 15) is 0 Å². The molecule has 0 spiro atoms. The molecule has 1 unspecified atom stereocenters. The Balaban J connectivity index is 2.62. The lowest BCUT2D eigenvalue weighted by molar-refractivity contribution is 0.540. The average Bonchev–Trinajstić information content (AvgIpc) is 2.54. The van der Waals surface area contributed by atoms with E-state index in [1.165, 1.54) is 14.2 Å². The first-order valence-corrected chi connectivity index (χ1v) is 6.66. The Hall–Kier alpha value is -0.300. The van der Waals surface area contributed by atoms with E-state index in [2.05, 4.69) is 40.2 Å². The van der Waals surface area contributed by atoms with Crippen molar-refractivity contribution in [3.05, 3.63) is 20.3 Å². The van der Waals surface area contributed by atoms with Crippen LogP contribution in [-0.4, -0.2) is 7.05 Å². The molecule has 0 aliphatic heterocycles. The number of hydrogen-bond donors (Lipinski definition) is 1. The number of aryl methyl sites for hydroxylation is 1. The first-order valence-electron chi connectivity index (χ1n) is 5.05. The van der Waals surface area contributed by atoms with Gasteiger partial charge in [-0.2, -0.15) is 0 Å². The van der Waals surface area contributed by atoms with Crippen LogP contribution in [0.25, 0.3) is 0 Å². The lowest BCUT2D eigenvalue weighted by atomic mass is 10.1. The predicted molar refractivity (Wildman–Crippen MR) is 71.2 cm³/mol. The van der Waals surface area contributed by atoms with Crippen LogP contribution in [0.2, 0.25) is 0 Å². The number of hydrogen-bond acceptors (Lipinski definition) is 2. The Morgan fingerprint density at radius 1 is 1.67 bits per heavy atom. The highest BCUT2D eigenvalue weighted by molar-refractivity contribution is 9.11. The molecule has 0 bridgehead atoms. The molecule has 1 aromatic heterocycles.